The van der Waals surface area contributed by atoms with Gasteiger partial charge in [-0.15, -0.1) is 12.4 Å². The fourth-order valence-corrected chi connectivity index (χ4v) is 9.50. The molecule has 8 aromatic rings. The molecule has 6 heterocycles. The third kappa shape index (κ3) is 17.8. The third-order valence-corrected chi connectivity index (χ3v) is 13.4. The Morgan fingerprint density at radius 1 is 0.705 bits per heavy atom. The van der Waals surface area contributed by atoms with Crippen LogP contribution in [0.15, 0.2) is 109 Å². The summed E-state index contributed by atoms with van der Waals surface area (Å²) in [4.78, 5) is 59.5. The normalized spacial score (nSPS) is 15.8. The molecule has 0 unspecified atom stereocenters. The molecule has 0 radical (unpaired) electrons. The van der Waals surface area contributed by atoms with Crippen LogP contribution in [0, 0.1) is 25.5 Å². The Hall–Kier alpha value is -6.46. The standard InChI is InChI=1S/C26H24FN3O3S.C18H18FNO4.C8H8N2S.C2Cl2O2.CH3F.ClH/c1-15-4-9-21-22(10-15)34-25(29-21)30-24(31)18-7-5-17(6-8-18)23-20(27)12-16(13-28-23)11-19-14-32-26(2,3)33-19;1-18(2)23-10-14(24-18)7-11-8-15(19)16(20-9-11)12-3-5-13(6-4-12)17(21)22;1-5-2-3-6-7(4-5)11-8(9)10-6;3-1(5)2(4)6;1-2;/h4-10,12-13,19H,11,14H2,1-3H3,(H,29,30,31);3-6,8-9,14H,7,10H2,1-2H3,(H,21,22);2-4H,1H3,(H2,9,10);;1H3;1H/t19-;14-;;;;/m11..../s1/i;;;;1D;. The van der Waals surface area contributed by atoms with Gasteiger partial charge in [-0.05, 0) is 148 Å². The molecule has 4 N–H and O–H groups in total. The maximum absolute atomic E-state index is 14.8. The summed E-state index contributed by atoms with van der Waals surface area (Å²) in [6.45, 7) is 12.4. The number of carboxylic acid groups (broad SMARTS) is 1. The minimum absolute atomic E-state index is 0. The molecule has 4 aromatic carbocycles. The van der Waals surface area contributed by atoms with Gasteiger partial charge in [-0.2, -0.15) is 0 Å². The quantitative estimate of drug-likeness (QED) is 0.0858. The van der Waals surface area contributed by atoms with Gasteiger partial charge in [0.1, 0.15) is 23.0 Å². The summed E-state index contributed by atoms with van der Waals surface area (Å²) in [6, 6.07) is 27.7. The van der Waals surface area contributed by atoms with Crippen molar-refractivity contribution >= 4 is 111 Å². The monoisotopic (exact) mass is 1170 g/mol. The summed E-state index contributed by atoms with van der Waals surface area (Å²) in [5.41, 5.74) is 13.4. The van der Waals surface area contributed by atoms with Crippen LogP contribution in [-0.2, 0) is 41.4 Å². The number of aryl methyl sites for hydroxylation is 2. The maximum Gasteiger partial charge on any atom is 0.335 e. The number of nitrogens with zero attached hydrogens (tertiary/aromatic N) is 4. The molecular formula is C55H54Cl3F3N6O9S2. The summed E-state index contributed by atoms with van der Waals surface area (Å²) in [6.07, 6.45) is 4.06. The van der Waals surface area contributed by atoms with Crippen LogP contribution < -0.4 is 11.1 Å². The summed E-state index contributed by atoms with van der Waals surface area (Å²) in [5, 5.41) is 10.6. The van der Waals surface area contributed by atoms with Gasteiger partial charge in [0.25, 0.3) is 5.91 Å². The number of fused-ring (bicyclic) bond motifs is 2. The number of carboxylic acids is 1. The number of nitrogens with one attached hydrogen (secondary N) is 1. The van der Waals surface area contributed by atoms with E-state index in [0.717, 1.165) is 32.4 Å². The fraction of sp³-hybridized carbons (Fsp3) is 0.273. The topological polar surface area (TPSA) is 215 Å². The van der Waals surface area contributed by atoms with Gasteiger partial charge in [0.2, 0.25) is 0 Å². The van der Waals surface area contributed by atoms with Crippen molar-refractivity contribution in [2.75, 3.05) is 31.4 Å². The van der Waals surface area contributed by atoms with Gasteiger partial charge in [0.05, 0.1) is 59.9 Å². The first-order valence-electron chi connectivity index (χ1n) is 24.0. The number of aromatic nitrogens is 4. The Labute approximate surface area is 473 Å². The number of rotatable bonds is 10. The van der Waals surface area contributed by atoms with Crippen LogP contribution in [0.1, 0.15) is 72.0 Å². The lowest BCUT2D eigenvalue weighted by atomic mass is 10.1. The highest BCUT2D eigenvalue weighted by Gasteiger charge is 2.34. The number of hydrogen-bond acceptors (Lipinski definition) is 15. The highest BCUT2D eigenvalue weighted by atomic mass is 35.5. The molecule has 78 heavy (non-hydrogen) atoms. The van der Waals surface area contributed by atoms with Crippen LogP contribution in [0.3, 0.4) is 0 Å². The predicted octanol–water partition coefficient (Wildman–Crippen LogP) is 12.7. The van der Waals surface area contributed by atoms with Crippen molar-refractivity contribution in [3.05, 3.63) is 154 Å². The number of ether oxygens (including phenoxy) is 4. The molecule has 4 aromatic heterocycles. The molecule has 2 fully saturated rings. The number of pyridine rings is 2. The van der Waals surface area contributed by atoms with Crippen LogP contribution in [0.5, 0.6) is 0 Å². The SMILES string of the molecule is CC1(C)OC[C@@H](Cc2cnc(-c3ccc(C(=O)O)cc3)c(F)c2)O1.Cc1ccc2nc(N)sc2c1.Cc1ccc2nc(NC(=O)c3ccc(-c4ncc(C[C@@H]5COC(C)(C)O5)cc4F)cc3)sc2c1.Cl.O=C(Cl)C(=O)Cl.[2H]CF. The van der Waals surface area contributed by atoms with Crippen molar-refractivity contribution in [3.8, 4) is 22.5 Å². The lowest BCUT2D eigenvalue weighted by Gasteiger charge is -2.17. The first kappa shape index (κ1) is 60.8. The van der Waals surface area contributed by atoms with Gasteiger partial charge in [0, 0.05) is 41.9 Å². The van der Waals surface area contributed by atoms with E-state index in [-0.39, 0.29) is 47.5 Å². The van der Waals surface area contributed by atoms with E-state index >= 15 is 0 Å². The number of nitrogen functional groups attached to an aromatic ring is 1. The molecule has 10 rings (SSSR count). The Balaban J connectivity index is 0.000000220. The first-order chi connectivity index (χ1) is 36.9. The zero-order chi connectivity index (χ0) is 56.9. The summed E-state index contributed by atoms with van der Waals surface area (Å²) < 4.78 is 69.4. The van der Waals surface area contributed by atoms with Crippen molar-refractivity contribution in [2.45, 2.75) is 78.2 Å². The van der Waals surface area contributed by atoms with E-state index in [1.165, 1.54) is 57.2 Å². The second kappa shape index (κ2) is 27.9. The highest BCUT2D eigenvalue weighted by molar-refractivity contribution is 7.22. The fourth-order valence-electron chi connectivity index (χ4n) is 7.71. The Bertz CT molecular complexity index is 3400. The second-order valence-electron chi connectivity index (χ2n) is 18.1. The lowest BCUT2D eigenvalue weighted by Crippen LogP contribution is -2.22. The molecule has 2 atom stereocenters. The Morgan fingerprint density at radius 3 is 1.53 bits per heavy atom. The Morgan fingerprint density at radius 2 is 1.13 bits per heavy atom. The van der Waals surface area contributed by atoms with Crippen LogP contribution in [0.4, 0.5) is 23.4 Å². The van der Waals surface area contributed by atoms with Crippen LogP contribution in [0.2, 0.25) is 0 Å². The molecule has 15 nitrogen and oxygen atoms in total. The van der Waals surface area contributed by atoms with Crippen LogP contribution in [0.25, 0.3) is 42.9 Å². The van der Waals surface area contributed by atoms with Gasteiger partial charge >= 0.3 is 16.5 Å². The number of carbonyl (C=O) groups excluding carboxylic acids is 3. The van der Waals surface area contributed by atoms with E-state index < -0.39 is 46.8 Å². The highest BCUT2D eigenvalue weighted by Crippen LogP contribution is 2.31. The smallest absolute Gasteiger partial charge is 0.335 e. The molecule has 412 valence electrons. The lowest BCUT2D eigenvalue weighted by molar-refractivity contribution is -0.138. The van der Waals surface area contributed by atoms with Gasteiger partial charge in [-0.1, -0.05) is 59.1 Å². The van der Waals surface area contributed by atoms with Crippen LogP contribution >= 0.6 is 58.3 Å². The molecular weight excluding hydrogens is 1120 g/mol. The van der Waals surface area contributed by atoms with Crippen molar-refractivity contribution in [3.63, 3.8) is 0 Å². The average molecular weight is 1170 g/mol. The molecule has 1 amide bonds. The van der Waals surface area contributed by atoms with Crippen molar-refractivity contribution < 1.29 is 57.8 Å². The minimum atomic E-state index is -1.14. The van der Waals surface area contributed by atoms with E-state index in [1.807, 2.05) is 65.0 Å². The van der Waals surface area contributed by atoms with Gasteiger partial charge in [-0.25, -0.2) is 23.5 Å². The number of anilines is 2. The summed E-state index contributed by atoms with van der Waals surface area (Å²) in [7, 11) is -1.00. The molecule has 0 spiro atoms. The summed E-state index contributed by atoms with van der Waals surface area (Å²) in [5.74, 6) is -3.38. The molecule has 2 saturated heterocycles. The number of carbonyl (C=O) groups is 4. The largest absolute Gasteiger partial charge is 0.478 e. The molecule has 0 saturated carbocycles. The van der Waals surface area contributed by atoms with E-state index in [0.29, 0.717) is 53.0 Å². The van der Waals surface area contributed by atoms with Gasteiger partial charge < -0.3 is 29.8 Å². The van der Waals surface area contributed by atoms with Crippen molar-refractivity contribution in [2.24, 2.45) is 0 Å². The van der Waals surface area contributed by atoms with Crippen molar-refractivity contribution in [1.82, 2.24) is 19.9 Å². The molecule has 2 aliphatic rings. The number of thiazole rings is 2. The number of aromatic carboxylic acids is 1. The van der Waals surface area contributed by atoms with E-state index in [9.17, 15) is 32.3 Å². The summed E-state index contributed by atoms with van der Waals surface area (Å²) >= 11 is 11.9. The molecule has 0 bridgehead atoms. The number of nitrogens with two attached hydrogens (primary N) is 1. The number of benzene rings is 4. The van der Waals surface area contributed by atoms with Gasteiger partial charge in [-0.3, -0.25) is 34.1 Å². The number of alkyl halides is 1. The number of hydrogen-bond donors (Lipinski definition) is 3. The van der Waals surface area contributed by atoms with E-state index in [1.54, 1.807) is 48.8 Å². The second-order valence-corrected chi connectivity index (χ2v) is 20.9. The third-order valence-electron chi connectivity index (χ3n) is 11.2. The zero-order valence-electron chi connectivity index (χ0n) is 43.8. The number of halogens is 6. The van der Waals surface area contributed by atoms with Gasteiger partial charge in [0.15, 0.2) is 21.8 Å². The van der Waals surface area contributed by atoms with Crippen LogP contribution in [-0.4, -0.2) is 91.6 Å². The average Bonchev–Trinajstić information content (AvgIpc) is 4.15. The molecule has 23 heteroatoms. The molecule has 2 aliphatic heterocycles. The number of amides is 1. The predicted molar refractivity (Wildman–Crippen MR) is 301 cm³/mol. The van der Waals surface area contributed by atoms with Crippen molar-refractivity contribution in [1.29, 1.82) is 0 Å². The maximum atomic E-state index is 14.8. The minimum Gasteiger partial charge on any atom is -0.478 e. The first-order valence-corrected chi connectivity index (χ1v) is 25.7. The van der Waals surface area contributed by atoms with E-state index in [2.05, 4.69) is 61.4 Å². The zero-order valence-corrected chi connectivity index (χ0v) is 46.7. The molecule has 0 aliphatic carbocycles. The van der Waals surface area contributed by atoms with E-state index in [4.69, 9.17) is 31.2 Å². The Kier molecular flexibility index (Phi) is 21.7.